The molecule has 2 aliphatic rings. The topological polar surface area (TPSA) is 66.7 Å². The van der Waals surface area contributed by atoms with Crippen molar-refractivity contribution in [2.45, 2.75) is 38.3 Å². The van der Waals surface area contributed by atoms with E-state index in [0.717, 1.165) is 38.0 Å². The molecule has 1 aromatic rings. The Bertz CT molecular complexity index is 627. The molecule has 6 heteroatoms. The van der Waals surface area contributed by atoms with Gasteiger partial charge in [-0.05, 0) is 30.5 Å². The molecule has 2 bridgehead atoms. The highest BCUT2D eigenvalue weighted by Crippen LogP contribution is 2.30. The van der Waals surface area contributed by atoms with Gasteiger partial charge in [-0.25, -0.2) is 0 Å². The quantitative estimate of drug-likeness (QED) is 0.615. The normalized spacial score (nSPS) is 23.8. The lowest BCUT2D eigenvalue weighted by Crippen LogP contribution is -2.55. The van der Waals surface area contributed by atoms with Gasteiger partial charge < -0.3 is 4.90 Å². The molecule has 128 valence electrons. The average molecular weight is 329 g/mol. The lowest BCUT2D eigenvalue weighted by molar-refractivity contribution is -0.384. The summed E-state index contributed by atoms with van der Waals surface area (Å²) in [5.41, 5.74) is 1.07. The number of nitro groups is 1. The third-order valence-electron chi connectivity index (χ3n) is 4.93. The van der Waals surface area contributed by atoms with Gasteiger partial charge in [0.2, 0.25) is 5.91 Å². The number of likely N-dealkylation sites (tertiary alicyclic amines) is 1. The highest BCUT2D eigenvalue weighted by molar-refractivity contribution is 5.77. The number of piperazine rings is 1. The molecule has 2 aliphatic heterocycles. The highest BCUT2D eigenvalue weighted by atomic mass is 16.6. The second-order valence-electron chi connectivity index (χ2n) is 6.51. The van der Waals surface area contributed by atoms with Crippen molar-refractivity contribution >= 4 is 17.7 Å². The molecule has 0 N–H and O–H groups in total. The Hall–Kier alpha value is -2.21. The fourth-order valence-corrected chi connectivity index (χ4v) is 3.77. The molecule has 2 fully saturated rings. The molecule has 0 aliphatic carbocycles. The van der Waals surface area contributed by atoms with Crippen LogP contribution in [0.3, 0.4) is 0 Å². The summed E-state index contributed by atoms with van der Waals surface area (Å²) in [5.74, 6) is 0.281. The van der Waals surface area contributed by atoms with Gasteiger partial charge in [0.25, 0.3) is 5.69 Å². The number of carbonyl (C=O) groups excluding carboxylic acids is 1. The Labute approximate surface area is 141 Å². The van der Waals surface area contributed by atoms with Crippen molar-refractivity contribution in [1.82, 2.24) is 9.80 Å². The van der Waals surface area contributed by atoms with Crippen LogP contribution in [0.2, 0.25) is 0 Å². The second kappa shape index (κ2) is 7.13. The number of nitrogens with zero attached hydrogens (tertiary/aromatic N) is 3. The van der Waals surface area contributed by atoms with Crippen LogP contribution >= 0.6 is 0 Å². The first kappa shape index (κ1) is 16.6. The van der Waals surface area contributed by atoms with E-state index in [1.807, 2.05) is 13.0 Å². The molecule has 3 rings (SSSR count). The summed E-state index contributed by atoms with van der Waals surface area (Å²) in [6.07, 6.45) is 6.90. The second-order valence-corrected chi connectivity index (χ2v) is 6.51. The predicted octanol–water partition coefficient (Wildman–Crippen LogP) is 2.69. The SMILES string of the molecule is CCC(=O)N1[C@@H]2CC[C@H]1CN(C/C=C/c1ccc([N+](=O)[O-])cc1)C2. The number of amides is 1. The van der Waals surface area contributed by atoms with Crippen LogP contribution in [0.1, 0.15) is 31.7 Å². The van der Waals surface area contributed by atoms with Crippen LogP contribution in [0.5, 0.6) is 0 Å². The minimum absolute atomic E-state index is 0.112. The van der Waals surface area contributed by atoms with E-state index in [4.69, 9.17) is 0 Å². The van der Waals surface area contributed by atoms with Crippen LogP contribution < -0.4 is 0 Å². The molecule has 0 unspecified atom stereocenters. The number of hydrogen-bond donors (Lipinski definition) is 0. The Kier molecular flexibility index (Phi) is 4.94. The van der Waals surface area contributed by atoms with Gasteiger partial charge in [0.05, 0.1) is 4.92 Å². The van der Waals surface area contributed by atoms with E-state index in [1.165, 1.54) is 12.1 Å². The van der Waals surface area contributed by atoms with E-state index in [9.17, 15) is 14.9 Å². The fourth-order valence-electron chi connectivity index (χ4n) is 3.77. The van der Waals surface area contributed by atoms with Crippen molar-refractivity contribution < 1.29 is 9.72 Å². The Morgan fingerprint density at radius 2 is 1.88 bits per heavy atom. The van der Waals surface area contributed by atoms with Gasteiger partial charge in [-0.2, -0.15) is 0 Å². The molecule has 2 saturated heterocycles. The van der Waals surface area contributed by atoms with Crippen molar-refractivity contribution in [3.05, 3.63) is 46.0 Å². The van der Waals surface area contributed by atoms with Gasteiger partial charge in [0, 0.05) is 50.3 Å². The molecule has 2 atom stereocenters. The first-order chi connectivity index (χ1) is 11.6. The average Bonchev–Trinajstić information content (AvgIpc) is 2.85. The van der Waals surface area contributed by atoms with Gasteiger partial charge in [0.15, 0.2) is 0 Å². The van der Waals surface area contributed by atoms with Crippen molar-refractivity contribution in [3.63, 3.8) is 0 Å². The summed E-state index contributed by atoms with van der Waals surface area (Å²) in [6.45, 7) is 4.65. The molecule has 6 nitrogen and oxygen atoms in total. The summed E-state index contributed by atoms with van der Waals surface area (Å²) in [6, 6.07) is 7.30. The van der Waals surface area contributed by atoms with Gasteiger partial charge in [-0.3, -0.25) is 19.8 Å². The van der Waals surface area contributed by atoms with Crippen LogP contribution in [-0.2, 0) is 4.79 Å². The standard InChI is InChI=1S/C18H23N3O3/c1-2-18(22)20-16-9-10-17(20)13-19(12-16)11-3-4-14-5-7-15(8-6-14)21(23)24/h3-8,16-17H,2,9-13H2,1H3/b4-3+/t16-,17+. The lowest BCUT2D eigenvalue weighted by atomic mass is 10.1. The van der Waals surface area contributed by atoms with Crippen LogP contribution in [-0.4, -0.2) is 52.3 Å². The number of rotatable bonds is 5. The van der Waals surface area contributed by atoms with Crippen LogP contribution in [0.4, 0.5) is 5.69 Å². The van der Waals surface area contributed by atoms with Gasteiger partial charge >= 0.3 is 0 Å². The minimum atomic E-state index is -0.389. The molecular formula is C18H23N3O3. The van der Waals surface area contributed by atoms with Crippen molar-refractivity contribution in [1.29, 1.82) is 0 Å². The number of benzene rings is 1. The number of fused-ring (bicyclic) bond motifs is 2. The summed E-state index contributed by atoms with van der Waals surface area (Å²) in [7, 11) is 0. The third-order valence-corrected chi connectivity index (χ3v) is 4.93. The van der Waals surface area contributed by atoms with Crippen molar-refractivity contribution in [2.75, 3.05) is 19.6 Å². The van der Waals surface area contributed by atoms with Gasteiger partial charge in [0.1, 0.15) is 0 Å². The Morgan fingerprint density at radius 1 is 1.25 bits per heavy atom. The van der Waals surface area contributed by atoms with E-state index >= 15 is 0 Å². The molecule has 0 aromatic heterocycles. The monoisotopic (exact) mass is 329 g/mol. The highest BCUT2D eigenvalue weighted by Gasteiger charge is 2.41. The Balaban J connectivity index is 1.55. The maximum Gasteiger partial charge on any atom is 0.269 e. The largest absolute Gasteiger partial charge is 0.334 e. The number of carbonyl (C=O) groups is 1. The number of non-ortho nitro benzene ring substituents is 1. The third kappa shape index (κ3) is 3.48. The van der Waals surface area contributed by atoms with Gasteiger partial charge in [-0.15, -0.1) is 0 Å². The van der Waals surface area contributed by atoms with E-state index in [-0.39, 0.29) is 16.5 Å². The fraction of sp³-hybridized carbons (Fsp3) is 0.500. The van der Waals surface area contributed by atoms with E-state index in [0.29, 0.717) is 18.5 Å². The maximum absolute atomic E-state index is 12.1. The predicted molar refractivity (Wildman–Crippen MR) is 92.5 cm³/mol. The van der Waals surface area contributed by atoms with Crippen molar-refractivity contribution in [2.24, 2.45) is 0 Å². The zero-order valence-electron chi connectivity index (χ0n) is 13.9. The van der Waals surface area contributed by atoms with E-state index in [1.54, 1.807) is 12.1 Å². The molecule has 1 amide bonds. The lowest BCUT2D eigenvalue weighted by Gasteiger charge is -2.40. The number of hydrogen-bond acceptors (Lipinski definition) is 4. The zero-order valence-corrected chi connectivity index (χ0v) is 13.9. The van der Waals surface area contributed by atoms with Crippen LogP contribution in [0, 0.1) is 10.1 Å². The van der Waals surface area contributed by atoms with Gasteiger partial charge in [-0.1, -0.05) is 19.1 Å². The maximum atomic E-state index is 12.1. The zero-order chi connectivity index (χ0) is 17.1. The minimum Gasteiger partial charge on any atom is -0.334 e. The molecule has 1 aromatic carbocycles. The summed E-state index contributed by atoms with van der Waals surface area (Å²) < 4.78 is 0. The van der Waals surface area contributed by atoms with E-state index in [2.05, 4.69) is 15.9 Å². The molecule has 0 saturated carbocycles. The number of nitro benzene ring substituents is 1. The van der Waals surface area contributed by atoms with Crippen LogP contribution in [0.25, 0.3) is 6.08 Å². The Morgan fingerprint density at radius 3 is 2.42 bits per heavy atom. The van der Waals surface area contributed by atoms with E-state index < -0.39 is 0 Å². The molecule has 2 heterocycles. The summed E-state index contributed by atoms with van der Waals surface area (Å²) in [4.78, 5) is 26.8. The molecular weight excluding hydrogens is 306 g/mol. The molecule has 0 spiro atoms. The molecule has 0 radical (unpaired) electrons. The summed E-state index contributed by atoms with van der Waals surface area (Å²) >= 11 is 0. The summed E-state index contributed by atoms with van der Waals surface area (Å²) in [5, 5.41) is 10.6. The van der Waals surface area contributed by atoms with Crippen LogP contribution in [0.15, 0.2) is 30.3 Å². The smallest absolute Gasteiger partial charge is 0.269 e. The molecule has 24 heavy (non-hydrogen) atoms. The first-order valence-corrected chi connectivity index (χ1v) is 8.53. The van der Waals surface area contributed by atoms with Crippen molar-refractivity contribution in [3.8, 4) is 0 Å². The first-order valence-electron chi connectivity index (χ1n) is 8.53.